The molecular weight excluding hydrogens is 354 g/mol. The zero-order valence-corrected chi connectivity index (χ0v) is 18.4. The van der Waals surface area contributed by atoms with E-state index in [0.29, 0.717) is 5.92 Å². The highest BCUT2D eigenvalue weighted by Gasteiger charge is 2.26. The van der Waals surface area contributed by atoms with Crippen LogP contribution in [0, 0.1) is 23.5 Å². The summed E-state index contributed by atoms with van der Waals surface area (Å²) in [4.78, 5) is 0. The van der Waals surface area contributed by atoms with Gasteiger partial charge in [-0.15, -0.1) is 0 Å². The van der Waals surface area contributed by atoms with Gasteiger partial charge in [0.1, 0.15) is 0 Å². The first-order valence-corrected chi connectivity index (χ1v) is 14.1. The fourth-order valence-electron chi connectivity index (χ4n) is 5.51. The number of halogens is 2. The molecule has 2 fully saturated rings. The maximum atomic E-state index is 13.5. The van der Waals surface area contributed by atoms with Crippen molar-refractivity contribution in [2.75, 3.05) is 0 Å². The molecule has 0 amide bonds. The molecule has 0 aromatic heterocycles. The minimum absolute atomic E-state index is 0.461. The Balaban J connectivity index is 1.32. The van der Waals surface area contributed by atoms with Gasteiger partial charge in [-0.25, -0.2) is 8.78 Å². The van der Waals surface area contributed by atoms with E-state index in [0.717, 1.165) is 17.4 Å². The van der Waals surface area contributed by atoms with Crippen LogP contribution in [-0.2, 0) is 0 Å². The van der Waals surface area contributed by atoms with E-state index in [-0.39, 0.29) is 0 Å². The van der Waals surface area contributed by atoms with Crippen LogP contribution in [-0.4, -0.2) is 8.80 Å². The fourth-order valence-corrected chi connectivity index (χ4v) is 9.07. The standard InChI is InChI=1S/C24H38F2Si/c1-2-3-4-5-19-6-8-20(9-7-19)12-15-27-16-13-21(14-17-27)22-10-11-23(25)24(26)18-22/h10-11,18-21,27H,2-9,12-17H2,1H3. The number of benzene rings is 1. The van der Waals surface area contributed by atoms with Gasteiger partial charge in [-0.2, -0.15) is 0 Å². The zero-order chi connectivity index (χ0) is 19.1. The predicted molar refractivity (Wildman–Crippen MR) is 114 cm³/mol. The Morgan fingerprint density at radius 3 is 2.15 bits per heavy atom. The molecule has 152 valence electrons. The lowest BCUT2D eigenvalue weighted by Crippen LogP contribution is -2.22. The summed E-state index contributed by atoms with van der Waals surface area (Å²) in [7, 11) is -0.588. The van der Waals surface area contributed by atoms with E-state index in [2.05, 4.69) is 6.92 Å². The summed E-state index contributed by atoms with van der Waals surface area (Å²) in [5.74, 6) is 1.09. The van der Waals surface area contributed by atoms with Crippen molar-refractivity contribution in [3.8, 4) is 0 Å². The molecule has 0 atom stereocenters. The first-order chi connectivity index (χ1) is 13.2. The van der Waals surface area contributed by atoms with Crippen LogP contribution in [0.3, 0.4) is 0 Å². The second-order valence-corrected chi connectivity index (χ2v) is 12.8. The van der Waals surface area contributed by atoms with Crippen LogP contribution >= 0.6 is 0 Å². The summed E-state index contributed by atoms with van der Waals surface area (Å²) in [5, 5.41) is 0. The second kappa shape index (κ2) is 10.7. The maximum absolute atomic E-state index is 13.5. The van der Waals surface area contributed by atoms with Crippen molar-refractivity contribution in [3.05, 3.63) is 35.4 Å². The Hall–Kier alpha value is -0.703. The summed E-state index contributed by atoms with van der Waals surface area (Å²) in [6, 6.07) is 8.85. The summed E-state index contributed by atoms with van der Waals surface area (Å²) in [6.45, 7) is 2.30. The number of hydrogen-bond donors (Lipinski definition) is 0. The Bertz CT molecular complexity index is 557. The van der Waals surface area contributed by atoms with Gasteiger partial charge in [-0.3, -0.25) is 0 Å². The Morgan fingerprint density at radius 1 is 0.852 bits per heavy atom. The lowest BCUT2D eigenvalue weighted by atomic mass is 9.79. The van der Waals surface area contributed by atoms with E-state index in [1.165, 1.54) is 101 Å². The smallest absolute Gasteiger partial charge is 0.159 e. The van der Waals surface area contributed by atoms with Crippen molar-refractivity contribution in [3.63, 3.8) is 0 Å². The van der Waals surface area contributed by atoms with Crippen LogP contribution in [0.1, 0.15) is 89.0 Å². The molecule has 0 bridgehead atoms. The SMILES string of the molecule is CCCCCC1CCC(CC[SiH]2CCC(c3ccc(F)c(F)c3)CC2)CC1. The monoisotopic (exact) mass is 392 g/mol. The number of hydrogen-bond acceptors (Lipinski definition) is 0. The summed E-state index contributed by atoms with van der Waals surface area (Å²) in [6.07, 6.45) is 15.5. The third-order valence-electron chi connectivity index (χ3n) is 7.43. The van der Waals surface area contributed by atoms with Gasteiger partial charge >= 0.3 is 0 Å². The van der Waals surface area contributed by atoms with Crippen LogP contribution in [0.25, 0.3) is 0 Å². The quantitative estimate of drug-likeness (QED) is 0.312. The molecule has 0 radical (unpaired) electrons. The Kier molecular flexibility index (Phi) is 8.36. The largest absolute Gasteiger partial charge is 0.204 e. The van der Waals surface area contributed by atoms with E-state index in [1.54, 1.807) is 6.07 Å². The molecule has 1 saturated carbocycles. The number of rotatable bonds is 8. The van der Waals surface area contributed by atoms with E-state index in [9.17, 15) is 8.78 Å². The molecule has 3 heteroatoms. The van der Waals surface area contributed by atoms with Gasteiger partial charge in [0.2, 0.25) is 0 Å². The summed E-state index contributed by atoms with van der Waals surface area (Å²) >= 11 is 0. The van der Waals surface area contributed by atoms with E-state index < -0.39 is 20.4 Å². The van der Waals surface area contributed by atoms with Crippen molar-refractivity contribution >= 4 is 8.80 Å². The van der Waals surface area contributed by atoms with Gasteiger partial charge in [0.15, 0.2) is 11.6 Å². The minimum atomic E-state index is -0.720. The van der Waals surface area contributed by atoms with Gasteiger partial charge in [0, 0.05) is 8.80 Å². The molecule has 0 N–H and O–H groups in total. The Labute approximate surface area is 166 Å². The highest BCUT2D eigenvalue weighted by Crippen LogP contribution is 2.38. The number of unbranched alkanes of at least 4 members (excludes halogenated alkanes) is 2. The van der Waals surface area contributed by atoms with Crippen LogP contribution in [0.2, 0.25) is 18.1 Å². The molecule has 0 nitrogen and oxygen atoms in total. The summed E-state index contributed by atoms with van der Waals surface area (Å²) < 4.78 is 26.6. The zero-order valence-electron chi connectivity index (χ0n) is 17.2. The lowest BCUT2D eigenvalue weighted by molar-refractivity contribution is 0.253. The second-order valence-electron chi connectivity index (χ2n) is 9.35. The third-order valence-corrected chi connectivity index (χ3v) is 10.9. The molecule has 1 aromatic rings. The lowest BCUT2D eigenvalue weighted by Gasteiger charge is -2.31. The van der Waals surface area contributed by atoms with Gasteiger partial charge < -0.3 is 0 Å². The average molecular weight is 393 g/mol. The topological polar surface area (TPSA) is 0 Å². The van der Waals surface area contributed by atoms with Gasteiger partial charge in [-0.1, -0.05) is 88.9 Å². The van der Waals surface area contributed by atoms with Crippen molar-refractivity contribution in [2.45, 2.75) is 102 Å². The molecule has 0 spiro atoms. The normalized spacial score (nSPS) is 29.0. The van der Waals surface area contributed by atoms with Crippen molar-refractivity contribution < 1.29 is 8.78 Å². The highest BCUT2D eigenvalue weighted by molar-refractivity contribution is 6.59. The molecular formula is C24H38F2Si. The van der Waals surface area contributed by atoms with E-state index >= 15 is 0 Å². The molecule has 1 aromatic carbocycles. The highest BCUT2D eigenvalue weighted by atomic mass is 28.3. The van der Waals surface area contributed by atoms with Crippen molar-refractivity contribution in [1.29, 1.82) is 0 Å². The van der Waals surface area contributed by atoms with E-state index in [4.69, 9.17) is 0 Å². The maximum Gasteiger partial charge on any atom is 0.159 e. The Morgan fingerprint density at radius 2 is 1.52 bits per heavy atom. The minimum Gasteiger partial charge on any atom is -0.204 e. The average Bonchev–Trinajstić information content (AvgIpc) is 2.70. The van der Waals surface area contributed by atoms with E-state index in [1.807, 2.05) is 0 Å². The van der Waals surface area contributed by atoms with Gasteiger partial charge in [0.25, 0.3) is 0 Å². The molecule has 27 heavy (non-hydrogen) atoms. The third kappa shape index (κ3) is 6.41. The fraction of sp³-hybridized carbons (Fsp3) is 0.750. The van der Waals surface area contributed by atoms with Crippen molar-refractivity contribution in [2.24, 2.45) is 11.8 Å². The van der Waals surface area contributed by atoms with Crippen LogP contribution in [0.15, 0.2) is 18.2 Å². The predicted octanol–water partition coefficient (Wildman–Crippen LogP) is 7.85. The molecule has 1 aliphatic heterocycles. The van der Waals surface area contributed by atoms with Crippen LogP contribution in [0.5, 0.6) is 0 Å². The molecule has 0 unspecified atom stereocenters. The molecule has 2 aliphatic rings. The van der Waals surface area contributed by atoms with Crippen LogP contribution in [0.4, 0.5) is 8.78 Å². The first-order valence-electron chi connectivity index (χ1n) is 11.6. The van der Waals surface area contributed by atoms with Crippen LogP contribution < -0.4 is 0 Å². The van der Waals surface area contributed by atoms with Gasteiger partial charge in [0.05, 0.1) is 0 Å². The first kappa shape index (κ1) is 21.0. The van der Waals surface area contributed by atoms with Crippen molar-refractivity contribution in [1.82, 2.24) is 0 Å². The molecule has 1 aliphatic carbocycles. The van der Waals surface area contributed by atoms with Gasteiger partial charge in [-0.05, 0) is 48.3 Å². The molecule has 1 heterocycles. The molecule has 3 rings (SSSR count). The summed E-state index contributed by atoms with van der Waals surface area (Å²) in [5.41, 5.74) is 1.02. The molecule has 1 saturated heterocycles.